The number of pyridine rings is 1. The lowest BCUT2D eigenvalue weighted by atomic mass is 10.1. The Morgan fingerprint density at radius 1 is 1.07 bits per heavy atom. The summed E-state index contributed by atoms with van der Waals surface area (Å²) in [6.45, 7) is 3.06. The van der Waals surface area contributed by atoms with Gasteiger partial charge < -0.3 is 15.4 Å². The Morgan fingerprint density at radius 3 is 2.57 bits per heavy atom. The fourth-order valence-corrected chi connectivity index (χ4v) is 2.80. The van der Waals surface area contributed by atoms with E-state index in [0.29, 0.717) is 23.9 Å². The van der Waals surface area contributed by atoms with Gasteiger partial charge in [0.05, 0.1) is 24.2 Å². The summed E-state index contributed by atoms with van der Waals surface area (Å²) in [6.07, 6.45) is 2.37. The van der Waals surface area contributed by atoms with Gasteiger partial charge in [0.2, 0.25) is 0 Å². The number of amides is 1. The van der Waals surface area contributed by atoms with Gasteiger partial charge in [-0.3, -0.25) is 4.79 Å². The van der Waals surface area contributed by atoms with Crippen LogP contribution in [0.4, 0.5) is 11.4 Å². The number of ether oxygens (including phenoxy) is 1. The molecule has 1 aromatic heterocycles. The summed E-state index contributed by atoms with van der Waals surface area (Å²) in [4.78, 5) is 16.5. The zero-order valence-corrected chi connectivity index (χ0v) is 16.4. The summed E-state index contributed by atoms with van der Waals surface area (Å²) >= 11 is 5.87. The number of halogens is 1. The van der Waals surface area contributed by atoms with E-state index in [1.807, 2.05) is 61.5 Å². The Balaban J connectivity index is 1.55. The van der Waals surface area contributed by atoms with E-state index in [4.69, 9.17) is 16.3 Å². The standard InChI is InChI=1S/C22H22ClN3O2/c1-2-28-21-6-4-3-5-19(21)26-18-11-12-20(25-15-18)22(27)24-14-13-16-7-9-17(23)10-8-16/h3-12,15,26H,2,13-14H2,1H3,(H,24,27). The SMILES string of the molecule is CCOc1ccccc1Nc1ccc(C(=O)NCCc2ccc(Cl)cc2)nc1. The number of hydrogen-bond donors (Lipinski definition) is 2. The van der Waals surface area contributed by atoms with Gasteiger partial charge in [-0.2, -0.15) is 0 Å². The lowest BCUT2D eigenvalue weighted by molar-refractivity contribution is 0.0949. The van der Waals surface area contributed by atoms with Crippen molar-refractivity contribution in [2.45, 2.75) is 13.3 Å². The van der Waals surface area contributed by atoms with Gasteiger partial charge in [0.15, 0.2) is 0 Å². The molecule has 0 fully saturated rings. The molecule has 0 radical (unpaired) electrons. The van der Waals surface area contributed by atoms with E-state index in [0.717, 1.165) is 29.1 Å². The maximum Gasteiger partial charge on any atom is 0.269 e. The van der Waals surface area contributed by atoms with Crippen molar-refractivity contribution in [3.8, 4) is 5.75 Å². The molecule has 2 N–H and O–H groups in total. The van der Waals surface area contributed by atoms with Gasteiger partial charge in [-0.05, 0) is 55.3 Å². The average molecular weight is 396 g/mol. The molecular weight excluding hydrogens is 374 g/mol. The number of benzene rings is 2. The number of nitrogens with one attached hydrogen (secondary N) is 2. The molecule has 0 aliphatic carbocycles. The van der Waals surface area contributed by atoms with Crippen molar-refractivity contribution in [3.05, 3.63) is 83.1 Å². The number of anilines is 2. The van der Waals surface area contributed by atoms with E-state index in [1.54, 1.807) is 12.3 Å². The lowest BCUT2D eigenvalue weighted by Gasteiger charge is -2.12. The molecule has 0 aliphatic heterocycles. The molecule has 6 heteroatoms. The summed E-state index contributed by atoms with van der Waals surface area (Å²) in [5, 5.41) is 6.85. The zero-order valence-electron chi connectivity index (χ0n) is 15.6. The first kappa shape index (κ1) is 19.7. The molecule has 0 spiro atoms. The fraction of sp³-hybridized carbons (Fsp3) is 0.182. The highest BCUT2D eigenvalue weighted by molar-refractivity contribution is 6.30. The monoisotopic (exact) mass is 395 g/mol. The topological polar surface area (TPSA) is 63.2 Å². The highest BCUT2D eigenvalue weighted by Gasteiger charge is 2.08. The van der Waals surface area contributed by atoms with Crippen molar-refractivity contribution in [2.24, 2.45) is 0 Å². The van der Waals surface area contributed by atoms with Crippen molar-refractivity contribution >= 4 is 28.9 Å². The second-order valence-electron chi connectivity index (χ2n) is 6.12. The summed E-state index contributed by atoms with van der Waals surface area (Å²) in [6, 6.07) is 18.8. The van der Waals surface area contributed by atoms with Crippen molar-refractivity contribution in [3.63, 3.8) is 0 Å². The number of rotatable bonds is 8. The Bertz CT molecular complexity index is 912. The van der Waals surface area contributed by atoms with Crippen LogP contribution >= 0.6 is 11.6 Å². The highest BCUT2D eigenvalue weighted by atomic mass is 35.5. The van der Waals surface area contributed by atoms with Gasteiger partial charge in [0.1, 0.15) is 11.4 Å². The van der Waals surface area contributed by atoms with Gasteiger partial charge >= 0.3 is 0 Å². The molecule has 2 aromatic carbocycles. The van der Waals surface area contributed by atoms with Gasteiger partial charge in [0.25, 0.3) is 5.91 Å². The summed E-state index contributed by atoms with van der Waals surface area (Å²) in [7, 11) is 0. The first-order valence-corrected chi connectivity index (χ1v) is 9.51. The normalized spacial score (nSPS) is 10.4. The van der Waals surface area contributed by atoms with Crippen LogP contribution in [0.5, 0.6) is 5.75 Å². The summed E-state index contributed by atoms with van der Waals surface area (Å²) in [5.74, 6) is 0.573. The molecule has 0 saturated heterocycles. The molecule has 28 heavy (non-hydrogen) atoms. The molecule has 5 nitrogen and oxygen atoms in total. The van der Waals surface area contributed by atoms with Crippen molar-refractivity contribution in [1.29, 1.82) is 0 Å². The van der Waals surface area contributed by atoms with Gasteiger partial charge in [-0.1, -0.05) is 35.9 Å². The maximum absolute atomic E-state index is 12.3. The first-order chi connectivity index (χ1) is 13.7. The van der Waals surface area contributed by atoms with Crippen LogP contribution in [0.2, 0.25) is 5.02 Å². The zero-order chi connectivity index (χ0) is 19.8. The quantitative estimate of drug-likeness (QED) is 0.572. The molecule has 0 aliphatic rings. The number of aromatic nitrogens is 1. The van der Waals surface area contributed by atoms with Crippen LogP contribution in [0, 0.1) is 0 Å². The highest BCUT2D eigenvalue weighted by Crippen LogP contribution is 2.27. The number of hydrogen-bond acceptors (Lipinski definition) is 4. The largest absolute Gasteiger partial charge is 0.492 e. The molecular formula is C22H22ClN3O2. The Labute approximate surface area is 169 Å². The van der Waals surface area contributed by atoms with E-state index in [9.17, 15) is 4.79 Å². The van der Waals surface area contributed by atoms with Crippen LogP contribution in [0.3, 0.4) is 0 Å². The molecule has 0 saturated carbocycles. The van der Waals surface area contributed by atoms with Crippen molar-refractivity contribution in [1.82, 2.24) is 10.3 Å². The predicted molar refractivity (Wildman–Crippen MR) is 113 cm³/mol. The third-order valence-electron chi connectivity index (χ3n) is 4.07. The molecule has 0 unspecified atom stereocenters. The second-order valence-corrected chi connectivity index (χ2v) is 6.56. The third kappa shape index (κ3) is 5.47. The maximum atomic E-state index is 12.3. The fourth-order valence-electron chi connectivity index (χ4n) is 2.67. The van der Waals surface area contributed by atoms with Crippen LogP contribution < -0.4 is 15.4 Å². The number of carbonyl (C=O) groups is 1. The molecule has 1 heterocycles. The van der Waals surface area contributed by atoms with Crippen LogP contribution in [0.15, 0.2) is 66.9 Å². The molecule has 0 atom stereocenters. The number of para-hydroxylation sites is 2. The van der Waals surface area contributed by atoms with Gasteiger partial charge in [0, 0.05) is 11.6 Å². The van der Waals surface area contributed by atoms with Crippen molar-refractivity contribution < 1.29 is 9.53 Å². The molecule has 3 rings (SSSR count). The lowest BCUT2D eigenvalue weighted by Crippen LogP contribution is -2.26. The second kappa shape index (κ2) is 9.76. The molecule has 0 bridgehead atoms. The summed E-state index contributed by atoms with van der Waals surface area (Å²) < 4.78 is 5.60. The molecule has 1 amide bonds. The van der Waals surface area contributed by atoms with E-state index in [1.165, 1.54) is 0 Å². The Morgan fingerprint density at radius 2 is 1.86 bits per heavy atom. The van der Waals surface area contributed by atoms with Crippen LogP contribution in [-0.2, 0) is 6.42 Å². The van der Waals surface area contributed by atoms with Gasteiger partial charge in [-0.25, -0.2) is 4.98 Å². The van der Waals surface area contributed by atoms with E-state index >= 15 is 0 Å². The van der Waals surface area contributed by atoms with Crippen molar-refractivity contribution in [2.75, 3.05) is 18.5 Å². The molecule has 3 aromatic rings. The summed E-state index contributed by atoms with van der Waals surface area (Å²) in [5.41, 5.74) is 3.13. The van der Waals surface area contributed by atoms with Crippen LogP contribution in [0.25, 0.3) is 0 Å². The average Bonchev–Trinajstić information content (AvgIpc) is 2.71. The minimum absolute atomic E-state index is 0.199. The van der Waals surface area contributed by atoms with Crippen LogP contribution in [-0.4, -0.2) is 24.0 Å². The number of carbonyl (C=O) groups excluding carboxylic acids is 1. The van der Waals surface area contributed by atoms with E-state index in [2.05, 4.69) is 15.6 Å². The van der Waals surface area contributed by atoms with Gasteiger partial charge in [-0.15, -0.1) is 0 Å². The molecule has 144 valence electrons. The Kier molecular flexibility index (Phi) is 6.87. The van der Waals surface area contributed by atoms with E-state index in [-0.39, 0.29) is 5.91 Å². The number of nitrogens with zero attached hydrogens (tertiary/aromatic N) is 1. The predicted octanol–water partition coefficient (Wildman–Crippen LogP) is 4.85. The smallest absolute Gasteiger partial charge is 0.269 e. The minimum atomic E-state index is -0.199. The first-order valence-electron chi connectivity index (χ1n) is 9.13. The Hall–Kier alpha value is -3.05. The third-order valence-corrected chi connectivity index (χ3v) is 4.33. The minimum Gasteiger partial charge on any atom is -0.492 e. The van der Waals surface area contributed by atoms with E-state index < -0.39 is 0 Å². The van der Waals surface area contributed by atoms with Crippen LogP contribution in [0.1, 0.15) is 23.0 Å².